The molecule has 0 saturated carbocycles. The largest absolute Gasteiger partial charge is 0.411 e. The molecule has 0 aliphatic carbocycles. The summed E-state index contributed by atoms with van der Waals surface area (Å²) in [5, 5.41) is 0. The van der Waals surface area contributed by atoms with E-state index in [4.69, 9.17) is 0 Å². The van der Waals surface area contributed by atoms with Crippen molar-refractivity contribution in [2.75, 3.05) is 39.4 Å². The number of halogens is 3. The zero-order valence-corrected chi connectivity index (χ0v) is 14.9. The van der Waals surface area contributed by atoms with Gasteiger partial charge in [0.05, 0.1) is 18.8 Å². The van der Waals surface area contributed by atoms with E-state index < -0.39 is 22.8 Å². The highest BCUT2D eigenvalue weighted by molar-refractivity contribution is 7.88. The molecule has 146 valence electrons. The molecular weight excluding hydrogens is 373 g/mol. The summed E-state index contributed by atoms with van der Waals surface area (Å²) in [7, 11) is -3.48. The number of piperazine rings is 1. The zero-order valence-electron chi connectivity index (χ0n) is 14.1. The lowest BCUT2D eigenvalue weighted by Crippen LogP contribution is -2.50. The standard InChI is InChI=1S/C16H21F3N2O4S/c17-16(18,19)13-25-11-6-15(22)20-7-9-21(10-8-20)26(23,24)12-14-4-2-1-3-5-14/h1-5H,6-13H2. The summed E-state index contributed by atoms with van der Waals surface area (Å²) < 4.78 is 66.5. The Morgan fingerprint density at radius 3 is 2.27 bits per heavy atom. The fraction of sp³-hybridized carbons (Fsp3) is 0.562. The van der Waals surface area contributed by atoms with Gasteiger partial charge in [0.25, 0.3) is 0 Å². The zero-order chi connectivity index (χ0) is 19.2. The van der Waals surface area contributed by atoms with Crippen LogP contribution in [0.3, 0.4) is 0 Å². The molecule has 10 heteroatoms. The molecular formula is C16H21F3N2O4S. The third-order valence-electron chi connectivity index (χ3n) is 3.90. The molecule has 1 fully saturated rings. The van der Waals surface area contributed by atoms with Gasteiger partial charge in [0.1, 0.15) is 6.61 Å². The van der Waals surface area contributed by atoms with Crippen molar-refractivity contribution in [1.29, 1.82) is 0 Å². The molecule has 26 heavy (non-hydrogen) atoms. The van der Waals surface area contributed by atoms with Crippen LogP contribution in [0, 0.1) is 0 Å². The fourth-order valence-electron chi connectivity index (χ4n) is 2.60. The second-order valence-electron chi connectivity index (χ2n) is 5.94. The average molecular weight is 394 g/mol. The van der Waals surface area contributed by atoms with Crippen LogP contribution in [-0.2, 0) is 25.3 Å². The lowest BCUT2D eigenvalue weighted by molar-refractivity contribution is -0.175. The number of sulfonamides is 1. The summed E-state index contributed by atoms with van der Waals surface area (Å²) in [5.74, 6) is -0.445. The maximum atomic E-state index is 12.4. The Bertz CT molecular complexity index is 687. The molecule has 6 nitrogen and oxygen atoms in total. The molecule has 2 rings (SSSR count). The predicted octanol–water partition coefficient (Wildman–Crippen LogP) is 1.63. The Balaban J connectivity index is 1.76. The predicted molar refractivity (Wildman–Crippen MR) is 88.7 cm³/mol. The van der Waals surface area contributed by atoms with Crippen LogP contribution in [-0.4, -0.2) is 69.1 Å². The van der Waals surface area contributed by atoms with Crippen LogP contribution in [0.25, 0.3) is 0 Å². The van der Waals surface area contributed by atoms with Gasteiger partial charge in [0.15, 0.2) is 0 Å². The number of ether oxygens (including phenoxy) is 1. The van der Waals surface area contributed by atoms with E-state index in [1.807, 2.05) is 0 Å². The molecule has 0 atom stereocenters. The van der Waals surface area contributed by atoms with E-state index in [9.17, 15) is 26.4 Å². The first-order valence-electron chi connectivity index (χ1n) is 8.11. The van der Waals surface area contributed by atoms with Crippen molar-refractivity contribution >= 4 is 15.9 Å². The van der Waals surface area contributed by atoms with Crippen LogP contribution < -0.4 is 0 Å². The number of nitrogens with zero attached hydrogens (tertiary/aromatic N) is 2. The number of alkyl halides is 3. The quantitative estimate of drug-likeness (QED) is 0.660. The number of rotatable bonds is 7. The number of hydrogen-bond donors (Lipinski definition) is 0. The van der Waals surface area contributed by atoms with Crippen molar-refractivity contribution in [3.05, 3.63) is 35.9 Å². The van der Waals surface area contributed by atoms with Crippen LogP contribution in [0.5, 0.6) is 0 Å². The molecule has 1 amide bonds. The maximum Gasteiger partial charge on any atom is 0.411 e. The van der Waals surface area contributed by atoms with Crippen molar-refractivity contribution in [3.63, 3.8) is 0 Å². The normalized spacial score (nSPS) is 16.7. The van der Waals surface area contributed by atoms with Gasteiger partial charge < -0.3 is 9.64 Å². The molecule has 1 aliphatic heterocycles. The van der Waals surface area contributed by atoms with E-state index in [-0.39, 0.29) is 50.9 Å². The molecule has 0 spiro atoms. The summed E-state index contributed by atoms with van der Waals surface area (Å²) in [6.45, 7) is -0.927. The summed E-state index contributed by atoms with van der Waals surface area (Å²) in [6.07, 6.45) is -4.57. The van der Waals surface area contributed by atoms with Gasteiger partial charge in [0, 0.05) is 26.2 Å². The third-order valence-corrected chi connectivity index (χ3v) is 5.75. The molecule has 1 heterocycles. The molecule has 0 bridgehead atoms. The van der Waals surface area contributed by atoms with Gasteiger partial charge in [-0.1, -0.05) is 30.3 Å². The lowest BCUT2D eigenvalue weighted by Gasteiger charge is -2.34. The second kappa shape index (κ2) is 8.83. The van der Waals surface area contributed by atoms with E-state index in [1.54, 1.807) is 30.3 Å². The fourth-order valence-corrected chi connectivity index (χ4v) is 4.11. The lowest BCUT2D eigenvalue weighted by atomic mass is 10.2. The van der Waals surface area contributed by atoms with Gasteiger partial charge >= 0.3 is 6.18 Å². The smallest absolute Gasteiger partial charge is 0.372 e. The van der Waals surface area contributed by atoms with E-state index >= 15 is 0 Å². The number of amides is 1. The molecule has 0 aromatic heterocycles. The first kappa shape index (κ1) is 20.7. The minimum Gasteiger partial charge on any atom is -0.372 e. The van der Waals surface area contributed by atoms with E-state index in [2.05, 4.69) is 4.74 Å². The highest BCUT2D eigenvalue weighted by atomic mass is 32.2. The van der Waals surface area contributed by atoms with Gasteiger partial charge in [-0.25, -0.2) is 8.42 Å². The minimum absolute atomic E-state index is 0.104. The molecule has 0 radical (unpaired) electrons. The Morgan fingerprint density at radius 1 is 1.08 bits per heavy atom. The monoisotopic (exact) mass is 394 g/mol. The Hall–Kier alpha value is -1.65. The Morgan fingerprint density at radius 2 is 1.69 bits per heavy atom. The third kappa shape index (κ3) is 6.58. The van der Waals surface area contributed by atoms with Crippen molar-refractivity contribution in [2.24, 2.45) is 0 Å². The van der Waals surface area contributed by atoms with Crippen LogP contribution >= 0.6 is 0 Å². The van der Waals surface area contributed by atoms with Crippen molar-refractivity contribution in [2.45, 2.75) is 18.3 Å². The second-order valence-corrected chi connectivity index (χ2v) is 7.91. The topological polar surface area (TPSA) is 66.9 Å². The molecule has 1 aromatic carbocycles. The number of benzene rings is 1. The molecule has 0 N–H and O–H groups in total. The Kier molecular flexibility index (Phi) is 7.01. The molecule has 1 aromatic rings. The minimum atomic E-state index is -4.41. The van der Waals surface area contributed by atoms with Gasteiger partial charge in [-0.2, -0.15) is 17.5 Å². The summed E-state index contributed by atoms with van der Waals surface area (Å²) in [6, 6.07) is 8.81. The summed E-state index contributed by atoms with van der Waals surface area (Å²) in [4.78, 5) is 13.4. The van der Waals surface area contributed by atoms with E-state index in [0.29, 0.717) is 5.56 Å². The number of carbonyl (C=O) groups excluding carboxylic acids is 1. The first-order chi connectivity index (χ1) is 12.2. The van der Waals surface area contributed by atoms with E-state index in [0.717, 1.165) is 0 Å². The summed E-state index contributed by atoms with van der Waals surface area (Å²) >= 11 is 0. The van der Waals surface area contributed by atoms with Crippen molar-refractivity contribution in [1.82, 2.24) is 9.21 Å². The maximum absolute atomic E-state index is 12.4. The Labute approximate surface area is 150 Å². The summed E-state index contributed by atoms with van der Waals surface area (Å²) in [5.41, 5.74) is 0.688. The average Bonchev–Trinajstić information content (AvgIpc) is 2.58. The SMILES string of the molecule is O=C(CCOCC(F)(F)F)N1CCN(S(=O)(=O)Cc2ccccc2)CC1. The van der Waals surface area contributed by atoms with Crippen molar-refractivity contribution < 1.29 is 31.1 Å². The van der Waals surface area contributed by atoms with Gasteiger partial charge in [-0.05, 0) is 5.56 Å². The number of hydrogen-bond acceptors (Lipinski definition) is 4. The number of carbonyl (C=O) groups is 1. The van der Waals surface area contributed by atoms with Gasteiger partial charge in [-0.15, -0.1) is 0 Å². The van der Waals surface area contributed by atoms with Crippen LogP contribution in [0.15, 0.2) is 30.3 Å². The van der Waals surface area contributed by atoms with E-state index in [1.165, 1.54) is 9.21 Å². The van der Waals surface area contributed by atoms with Gasteiger partial charge in [0.2, 0.25) is 15.9 Å². The van der Waals surface area contributed by atoms with Crippen LogP contribution in [0.1, 0.15) is 12.0 Å². The van der Waals surface area contributed by atoms with Crippen LogP contribution in [0.2, 0.25) is 0 Å². The first-order valence-corrected chi connectivity index (χ1v) is 9.72. The molecule has 0 unspecified atom stereocenters. The van der Waals surface area contributed by atoms with Gasteiger partial charge in [-0.3, -0.25) is 4.79 Å². The van der Waals surface area contributed by atoms with Crippen molar-refractivity contribution in [3.8, 4) is 0 Å². The molecule has 1 saturated heterocycles. The highest BCUT2D eigenvalue weighted by Gasteiger charge is 2.30. The molecule has 1 aliphatic rings. The highest BCUT2D eigenvalue weighted by Crippen LogP contribution is 2.16. The van der Waals surface area contributed by atoms with Crippen LogP contribution in [0.4, 0.5) is 13.2 Å².